The van der Waals surface area contributed by atoms with Gasteiger partial charge in [0.05, 0.1) is 5.52 Å². The minimum absolute atomic E-state index is 0.385. The van der Waals surface area contributed by atoms with Gasteiger partial charge in [-0.2, -0.15) is 0 Å². The van der Waals surface area contributed by atoms with Gasteiger partial charge < -0.3 is 5.73 Å². The third-order valence-electron chi connectivity index (χ3n) is 4.12. The molecule has 0 aliphatic heterocycles. The van der Waals surface area contributed by atoms with E-state index in [0.717, 1.165) is 38.7 Å². The van der Waals surface area contributed by atoms with E-state index in [1.807, 2.05) is 50.2 Å². The molecule has 2 aromatic carbocycles. The Hall–Kier alpha value is -2.68. The normalized spacial score (nSPS) is 10.9. The van der Waals surface area contributed by atoms with Crippen molar-refractivity contribution in [3.8, 4) is 11.1 Å². The Kier molecular flexibility index (Phi) is 3.41. The summed E-state index contributed by atoms with van der Waals surface area (Å²) >= 11 is 0. The number of primary amides is 1. The van der Waals surface area contributed by atoms with Crippen LogP contribution in [0.15, 0.2) is 42.6 Å². The lowest BCUT2D eigenvalue weighted by Gasteiger charge is -2.17. The maximum atomic E-state index is 11.8. The zero-order valence-electron chi connectivity index (χ0n) is 13.0. The average molecular weight is 290 g/mol. The fourth-order valence-corrected chi connectivity index (χ4v) is 3.29. The second-order valence-electron chi connectivity index (χ2n) is 5.63. The van der Waals surface area contributed by atoms with Gasteiger partial charge in [0.15, 0.2) is 0 Å². The zero-order chi connectivity index (χ0) is 15.9. The lowest BCUT2D eigenvalue weighted by atomic mass is 9.88. The molecule has 0 atom stereocenters. The Labute approximate surface area is 129 Å². The van der Waals surface area contributed by atoms with E-state index in [1.54, 1.807) is 6.20 Å². The van der Waals surface area contributed by atoms with Crippen molar-refractivity contribution in [2.24, 2.45) is 5.73 Å². The first-order valence-electron chi connectivity index (χ1n) is 7.25. The molecule has 110 valence electrons. The van der Waals surface area contributed by atoms with Crippen molar-refractivity contribution in [2.45, 2.75) is 20.8 Å². The van der Waals surface area contributed by atoms with Crippen LogP contribution in [0.1, 0.15) is 27.0 Å². The molecule has 22 heavy (non-hydrogen) atoms. The van der Waals surface area contributed by atoms with Crippen LogP contribution in [0.5, 0.6) is 0 Å². The maximum Gasteiger partial charge on any atom is 0.249 e. The Morgan fingerprint density at radius 2 is 1.77 bits per heavy atom. The van der Waals surface area contributed by atoms with Gasteiger partial charge in [-0.05, 0) is 49.1 Å². The molecule has 0 aliphatic rings. The lowest BCUT2D eigenvalue weighted by molar-refractivity contribution is 0.0999. The molecule has 1 heterocycles. The van der Waals surface area contributed by atoms with E-state index >= 15 is 0 Å². The van der Waals surface area contributed by atoms with Gasteiger partial charge in [0.25, 0.3) is 0 Å². The Bertz CT molecular complexity index is 892. The molecule has 3 heteroatoms. The Morgan fingerprint density at radius 3 is 2.50 bits per heavy atom. The second kappa shape index (κ2) is 5.26. The summed E-state index contributed by atoms with van der Waals surface area (Å²) in [6.07, 6.45) is 1.79. The lowest BCUT2D eigenvalue weighted by Crippen LogP contribution is -2.15. The van der Waals surface area contributed by atoms with Crippen LogP contribution in [-0.4, -0.2) is 10.9 Å². The highest BCUT2D eigenvalue weighted by Crippen LogP contribution is 2.34. The van der Waals surface area contributed by atoms with E-state index in [1.165, 1.54) is 0 Å². The molecule has 0 radical (unpaired) electrons. The number of hydrogen-bond acceptors (Lipinski definition) is 2. The molecular weight excluding hydrogens is 272 g/mol. The van der Waals surface area contributed by atoms with E-state index in [-0.39, 0.29) is 5.91 Å². The number of hydrogen-bond donors (Lipinski definition) is 1. The van der Waals surface area contributed by atoms with Crippen LogP contribution >= 0.6 is 0 Å². The van der Waals surface area contributed by atoms with E-state index < -0.39 is 0 Å². The number of carbonyl (C=O) groups is 1. The summed E-state index contributed by atoms with van der Waals surface area (Å²) in [7, 11) is 0. The third-order valence-corrected chi connectivity index (χ3v) is 4.12. The number of aryl methyl sites for hydroxylation is 2. The Morgan fingerprint density at radius 1 is 1.05 bits per heavy atom. The van der Waals surface area contributed by atoms with Gasteiger partial charge in [-0.15, -0.1) is 0 Å². The van der Waals surface area contributed by atoms with Gasteiger partial charge in [-0.25, -0.2) is 0 Å². The van der Waals surface area contributed by atoms with Gasteiger partial charge in [0.2, 0.25) is 5.91 Å². The van der Waals surface area contributed by atoms with E-state index in [9.17, 15) is 4.79 Å². The van der Waals surface area contributed by atoms with Crippen molar-refractivity contribution in [3.05, 3.63) is 64.8 Å². The summed E-state index contributed by atoms with van der Waals surface area (Å²) in [6.45, 7) is 5.93. The number of aromatic nitrogens is 1. The monoisotopic (exact) mass is 290 g/mol. The number of para-hydroxylation sites is 1. The molecule has 0 bridgehead atoms. The van der Waals surface area contributed by atoms with Gasteiger partial charge in [-0.3, -0.25) is 9.78 Å². The fraction of sp³-hybridized carbons (Fsp3) is 0.158. The highest BCUT2D eigenvalue weighted by Gasteiger charge is 2.17. The average Bonchev–Trinajstić information content (AvgIpc) is 2.46. The predicted octanol–water partition coefficient (Wildman–Crippen LogP) is 3.93. The van der Waals surface area contributed by atoms with Crippen LogP contribution < -0.4 is 5.73 Å². The molecule has 1 aromatic heterocycles. The number of nitrogens with zero attached hydrogens (tertiary/aromatic N) is 1. The number of carbonyl (C=O) groups excluding carboxylic acids is 1. The molecule has 3 rings (SSSR count). The van der Waals surface area contributed by atoms with Crippen LogP contribution in [-0.2, 0) is 0 Å². The topological polar surface area (TPSA) is 56.0 Å². The van der Waals surface area contributed by atoms with Gasteiger partial charge in [-0.1, -0.05) is 30.3 Å². The predicted molar refractivity (Wildman–Crippen MR) is 89.9 cm³/mol. The van der Waals surface area contributed by atoms with Crippen LogP contribution in [0.4, 0.5) is 0 Å². The van der Waals surface area contributed by atoms with Crippen LogP contribution in [0.25, 0.3) is 22.0 Å². The third kappa shape index (κ3) is 2.15. The summed E-state index contributed by atoms with van der Waals surface area (Å²) in [6, 6.07) is 12.1. The van der Waals surface area contributed by atoms with Crippen molar-refractivity contribution in [1.29, 1.82) is 0 Å². The standard InChI is InChI=1S/C19H18N2O/c1-11-10-12(2)17(19(20)22)13(3)16(11)15-8-4-6-14-7-5-9-21-18(14)15/h4-10H,1-3H3,(H2,20,22). The fourth-order valence-electron chi connectivity index (χ4n) is 3.29. The number of pyridine rings is 1. The smallest absolute Gasteiger partial charge is 0.249 e. The Balaban J connectivity index is 2.41. The van der Waals surface area contributed by atoms with Gasteiger partial charge in [0.1, 0.15) is 0 Å². The van der Waals surface area contributed by atoms with Crippen LogP contribution in [0.2, 0.25) is 0 Å². The number of benzene rings is 2. The van der Waals surface area contributed by atoms with Crippen LogP contribution in [0, 0.1) is 20.8 Å². The number of rotatable bonds is 2. The van der Waals surface area contributed by atoms with Crippen molar-refractivity contribution in [3.63, 3.8) is 0 Å². The molecule has 3 aromatic rings. The number of nitrogens with two attached hydrogens (primary N) is 1. The summed E-state index contributed by atoms with van der Waals surface area (Å²) in [5, 5.41) is 1.08. The highest BCUT2D eigenvalue weighted by molar-refractivity contribution is 6.01. The maximum absolute atomic E-state index is 11.8. The largest absolute Gasteiger partial charge is 0.366 e. The van der Waals surface area contributed by atoms with Crippen molar-refractivity contribution >= 4 is 16.8 Å². The van der Waals surface area contributed by atoms with E-state index in [4.69, 9.17) is 5.73 Å². The molecule has 3 nitrogen and oxygen atoms in total. The van der Waals surface area contributed by atoms with Crippen LogP contribution in [0.3, 0.4) is 0 Å². The van der Waals surface area contributed by atoms with Crippen molar-refractivity contribution < 1.29 is 4.79 Å². The SMILES string of the molecule is Cc1cc(C)c(-c2cccc3cccnc23)c(C)c1C(N)=O. The molecular formula is C19H18N2O. The quantitative estimate of drug-likeness (QED) is 0.777. The first-order chi connectivity index (χ1) is 10.5. The van der Waals surface area contributed by atoms with Gasteiger partial charge in [0, 0.05) is 22.7 Å². The minimum atomic E-state index is -0.385. The first kappa shape index (κ1) is 14.3. The first-order valence-corrected chi connectivity index (χ1v) is 7.25. The summed E-state index contributed by atoms with van der Waals surface area (Å²) in [5.74, 6) is -0.385. The second-order valence-corrected chi connectivity index (χ2v) is 5.63. The molecule has 2 N–H and O–H groups in total. The number of fused-ring (bicyclic) bond motifs is 1. The van der Waals surface area contributed by atoms with Crippen molar-refractivity contribution in [2.75, 3.05) is 0 Å². The molecule has 1 amide bonds. The summed E-state index contributed by atoms with van der Waals surface area (Å²) in [5.41, 5.74) is 12.2. The molecule has 0 saturated carbocycles. The zero-order valence-corrected chi connectivity index (χ0v) is 13.0. The summed E-state index contributed by atoms with van der Waals surface area (Å²) in [4.78, 5) is 16.3. The van der Waals surface area contributed by atoms with Gasteiger partial charge >= 0.3 is 0 Å². The highest BCUT2D eigenvalue weighted by atomic mass is 16.1. The molecule has 0 fully saturated rings. The van der Waals surface area contributed by atoms with Crippen molar-refractivity contribution in [1.82, 2.24) is 4.98 Å². The number of amides is 1. The molecule has 0 aliphatic carbocycles. The van der Waals surface area contributed by atoms with E-state index in [2.05, 4.69) is 11.9 Å². The van der Waals surface area contributed by atoms with E-state index in [0.29, 0.717) is 5.56 Å². The molecule has 0 saturated heterocycles. The molecule has 0 unspecified atom stereocenters. The summed E-state index contributed by atoms with van der Waals surface area (Å²) < 4.78 is 0. The molecule has 0 spiro atoms. The minimum Gasteiger partial charge on any atom is -0.366 e.